The molecule has 1 aliphatic heterocycles. The third kappa shape index (κ3) is 2.45. The minimum absolute atomic E-state index is 0.747. The van der Waals surface area contributed by atoms with Crippen LogP contribution in [-0.2, 0) is 0 Å². The van der Waals surface area contributed by atoms with Crippen LogP contribution in [-0.4, -0.2) is 36.6 Å². The fraction of sp³-hybridized carbons (Fsp3) is 0.636. The molecule has 15 heavy (non-hydrogen) atoms. The van der Waals surface area contributed by atoms with Crippen LogP contribution in [0.2, 0.25) is 0 Å². The summed E-state index contributed by atoms with van der Waals surface area (Å²) in [6.45, 7) is 5.35. The highest BCUT2D eigenvalue weighted by molar-refractivity contribution is 5.41. The Kier molecular flexibility index (Phi) is 3.16. The van der Waals surface area contributed by atoms with E-state index in [1.54, 1.807) is 12.4 Å². The number of anilines is 1. The molecule has 0 radical (unpaired) electrons. The predicted molar refractivity (Wildman–Crippen MR) is 61.0 cm³/mol. The molecule has 2 rings (SSSR count). The normalized spacial score (nSPS) is 20.5. The van der Waals surface area contributed by atoms with Crippen LogP contribution in [0, 0.1) is 12.8 Å². The maximum Gasteiger partial charge on any atom is 0.149 e. The van der Waals surface area contributed by atoms with Gasteiger partial charge in [-0.1, -0.05) is 0 Å². The highest BCUT2D eigenvalue weighted by atomic mass is 15.2. The van der Waals surface area contributed by atoms with E-state index in [9.17, 15) is 0 Å². The summed E-state index contributed by atoms with van der Waals surface area (Å²) in [5, 5.41) is 3.38. The van der Waals surface area contributed by atoms with Crippen molar-refractivity contribution < 1.29 is 0 Å². The molecule has 0 bridgehead atoms. The minimum atomic E-state index is 0.747. The van der Waals surface area contributed by atoms with Crippen molar-refractivity contribution in [1.82, 2.24) is 15.3 Å². The van der Waals surface area contributed by atoms with Gasteiger partial charge in [-0.25, -0.2) is 4.98 Å². The average molecular weight is 206 g/mol. The Balaban J connectivity index is 2.00. The van der Waals surface area contributed by atoms with Gasteiger partial charge in [0, 0.05) is 26.0 Å². The molecular weight excluding hydrogens is 188 g/mol. The number of rotatable bonds is 3. The van der Waals surface area contributed by atoms with Gasteiger partial charge in [0.05, 0.1) is 5.69 Å². The van der Waals surface area contributed by atoms with Gasteiger partial charge in [-0.05, 0) is 32.4 Å². The summed E-state index contributed by atoms with van der Waals surface area (Å²) >= 11 is 0. The van der Waals surface area contributed by atoms with Crippen molar-refractivity contribution in [1.29, 1.82) is 0 Å². The van der Waals surface area contributed by atoms with Crippen LogP contribution in [0.3, 0.4) is 0 Å². The Morgan fingerprint density at radius 3 is 2.93 bits per heavy atom. The van der Waals surface area contributed by atoms with Gasteiger partial charge in [0.1, 0.15) is 5.82 Å². The van der Waals surface area contributed by atoms with Crippen molar-refractivity contribution in [3.05, 3.63) is 18.1 Å². The van der Waals surface area contributed by atoms with E-state index in [0.29, 0.717) is 0 Å². The average Bonchev–Trinajstić information content (AvgIpc) is 2.71. The molecule has 0 aromatic carbocycles. The van der Waals surface area contributed by atoms with Gasteiger partial charge >= 0.3 is 0 Å². The Labute approximate surface area is 90.7 Å². The van der Waals surface area contributed by atoms with E-state index in [4.69, 9.17) is 0 Å². The van der Waals surface area contributed by atoms with Gasteiger partial charge in [0.15, 0.2) is 0 Å². The van der Waals surface area contributed by atoms with E-state index < -0.39 is 0 Å². The van der Waals surface area contributed by atoms with Crippen LogP contribution in [0.1, 0.15) is 12.1 Å². The molecule has 2 heterocycles. The van der Waals surface area contributed by atoms with E-state index in [1.165, 1.54) is 6.42 Å². The molecule has 1 aromatic rings. The quantitative estimate of drug-likeness (QED) is 0.795. The van der Waals surface area contributed by atoms with Crippen LogP contribution < -0.4 is 10.2 Å². The van der Waals surface area contributed by atoms with Crippen molar-refractivity contribution >= 4 is 5.82 Å². The standard InChI is InChI=1S/C11H18N4/c1-9-11(14-6-5-13-9)15(2)8-10-3-4-12-7-10/h5-6,10,12H,3-4,7-8H2,1-2H3/t10-/m1/s1. The third-order valence-electron chi connectivity index (χ3n) is 2.91. The molecule has 0 spiro atoms. The minimum Gasteiger partial charge on any atom is -0.358 e. The van der Waals surface area contributed by atoms with Crippen LogP contribution in [0.25, 0.3) is 0 Å². The summed E-state index contributed by atoms with van der Waals surface area (Å²) in [7, 11) is 2.09. The van der Waals surface area contributed by atoms with Crippen LogP contribution in [0.5, 0.6) is 0 Å². The lowest BCUT2D eigenvalue weighted by Gasteiger charge is -2.22. The lowest BCUT2D eigenvalue weighted by atomic mass is 10.1. The molecule has 1 aromatic heterocycles. The summed E-state index contributed by atoms with van der Waals surface area (Å²) in [5.41, 5.74) is 1.01. The van der Waals surface area contributed by atoms with Gasteiger partial charge in [0.25, 0.3) is 0 Å². The summed E-state index contributed by atoms with van der Waals surface area (Å²) in [5.74, 6) is 1.75. The van der Waals surface area contributed by atoms with E-state index in [1.807, 2.05) is 6.92 Å². The van der Waals surface area contributed by atoms with Gasteiger partial charge in [0.2, 0.25) is 0 Å². The Morgan fingerprint density at radius 2 is 2.27 bits per heavy atom. The van der Waals surface area contributed by atoms with Gasteiger partial charge in [-0.3, -0.25) is 4.98 Å². The monoisotopic (exact) mass is 206 g/mol. The van der Waals surface area contributed by atoms with Crippen molar-refractivity contribution in [2.45, 2.75) is 13.3 Å². The van der Waals surface area contributed by atoms with E-state index >= 15 is 0 Å². The SMILES string of the molecule is Cc1nccnc1N(C)C[C@@H]1CCNC1. The van der Waals surface area contributed by atoms with Crippen molar-refractivity contribution in [2.75, 3.05) is 31.6 Å². The Bertz CT molecular complexity index is 320. The lowest BCUT2D eigenvalue weighted by molar-refractivity contribution is 0.574. The van der Waals surface area contributed by atoms with Crippen LogP contribution in [0.15, 0.2) is 12.4 Å². The van der Waals surface area contributed by atoms with Gasteiger partial charge in [-0.2, -0.15) is 0 Å². The topological polar surface area (TPSA) is 41.1 Å². The first-order valence-corrected chi connectivity index (χ1v) is 5.47. The molecule has 0 aliphatic carbocycles. The van der Waals surface area contributed by atoms with E-state index in [0.717, 1.165) is 37.1 Å². The second kappa shape index (κ2) is 4.57. The molecular formula is C11H18N4. The fourth-order valence-corrected chi connectivity index (χ4v) is 2.12. The number of nitrogens with one attached hydrogen (secondary N) is 1. The molecule has 0 amide bonds. The highest BCUT2D eigenvalue weighted by Crippen LogP contribution is 2.16. The lowest BCUT2D eigenvalue weighted by Crippen LogP contribution is -2.28. The predicted octanol–water partition coefficient (Wildman–Crippen LogP) is 0.831. The number of aryl methyl sites for hydroxylation is 1. The molecule has 1 atom stereocenters. The number of hydrogen-bond donors (Lipinski definition) is 1. The second-order valence-corrected chi connectivity index (χ2v) is 4.20. The number of nitrogens with zero attached hydrogens (tertiary/aromatic N) is 3. The summed E-state index contributed by atoms with van der Waals surface area (Å²) in [4.78, 5) is 10.8. The molecule has 4 nitrogen and oxygen atoms in total. The Hall–Kier alpha value is -1.16. The van der Waals surface area contributed by atoms with Crippen molar-refractivity contribution in [2.24, 2.45) is 5.92 Å². The first-order chi connectivity index (χ1) is 7.27. The molecule has 1 saturated heterocycles. The first-order valence-electron chi connectivity index (χ1n) is 5.47. The van der Waals surface area contributed by atoms with Gasteiger partial charge < -0.3 is 10.2 Å². The first kappa shape index (κ1) is 10.4. The zero-order chi connectivity index (χ0) is 10.7. The molecule has 0 saturated carbocycles. The third-order valence-corrected chi connectivity index (χ3v) is 2.91. The Morgan fingerprint density at radius 1 is 1.47 bits per heavy atom. The molecule has 1 fully saturated rings. The maximum atomic E-state index is 4.36. The molecule has 1 N–H and O–H groups in total. The number of aromatic nitrogens is 2. The van der Waals surface area contributed by atoms with Crippen molar-refractivity contribution in [3.8, 4) is 0 Å². The van der Waals surface area contributed by atoms with E-state index in [-0.39, 0.29) is 0 Å². The van der Waals surface area contributed by atoms with Crippen LogP contribution >= 0.6 is 0 Å². The van der Waals surface area contributed by atoms with Crippen molar-refractivity contribution in [3.63, 3.8) is 0 Å². The van der Waals surface area contributed by atoms with Crippen LogP contribution in [0.4, 0.5) is 5.82 Å². The van der Waals surface area contributed by atoms with E-state index in [2.05, 4.69) is 27.2 Å². The van der Waals surface area contributed by atoms with Gasteiger partial charge in [-0.15, -0.1) is 0 Å². The largest absolute Gasteiger partial charge is 0.358 e. The second-order valence-electron chi connectivity index (χ2n) is 4.20. The molecule has 1 aliphatic rings. The smallest absolute Gasteiger partial charge is 0.149 e. The zero-order valence-electron chi connectivity index (χ0n) is 9.40. The zero-order valence-corrected chi connectivity index (χ0v) is 9.40. The highest BCUT2D eigenvalue weighted by Gasteiger charge is 2.17. The summed E-state index contributed by atoms with van der Waals surface area (Å²) in [6, 6.07) is 0. The molecule has 82 valence electrons. The molecule has 4 heteroatoms. The summed E-state index contributed by atoms with van der Waals surface area (Å²) < 4.78 is 0. The molecule has 0 unspecified atom stereocenters. The maximum absolute atomic E-state index is 4.36. The number of hydrogen-bond acceptors (Lipinski definition) is 4. The summed E-state index contributed by atoms with van der Waals surface area (Å²) in [6.07, 6.45) is 4.76. The fourth-order valence-electron chi connectivity index (χ4n) is 2.12.